The number of carbonyl (C=O) groups is 1. The molecular formula is C15H11BClNO2. The van der Waals surface area contributed by atoms with Gasteiger partial charge < -0.3 is 10.3 Å². The zero-order valence-electron chi connectivity index (χ0n) is 10.5. The Morgan fingerprint density at radius 3 is 2.45 bits per heavy atom. The first kappa shape index (κ1) is 14.2. The average molecular weight is 284 g/mol. The lowest BCUT2D eigenvalue weighted by Gasteiger charge is -2.06. The standard InChI is InChI=1S/C15H11BClNO2/c16-18-14-9-11(6-7-13(14)15(19)20)5-4-10-2-1-3-12(17)8-10/h1-9,18H,(H,19,20)/b5-4+. The predicted molar refractivity (Wildman–Crippen MR) is 83.2 cm³/mol. The molecule has 5 heteroatoms. The number of hydrogen-bond donors (Lipinski definition) is 2. The minimum Gasteiger partial charge on any atom is -0.478 e. The van der Waals surface area contributed by atoms with Crippen molar-refractivity contribution in [2.75, 3.05) is 5.23 Å². The molecule has 0 aromatic heterocycles. The molecule has 0 saturated heterocycles. The molecule has 0 heterocycles. The summed E-state index contributed by atoms with van der Waals surface area (Å²) in [6.45, 7) is 0. The van der Waals surface area contributed by atoms with E-state index in [9.17, 15) is 4.79 Å². The average Bonchev–Trinajstić information content (AvgIpc) is 2.44. The summed E-state index contributed by atoms with van der Waals surface area (Å²) in [5, 5.41) is 12.1. The number of nitrogens with one attached hydrogen (secondary N) is 1. The first-order valence-electron chi connectivity index (χ1n) is 5.88. The number of hydrogen-bond acceptors (Lipinski definition) is 2. The van der Waals surface area contributed by atoms with Crippen LogP contribution in [0.15, 0.2) is 42.5 Å². The van der Waals surface area contributed by atoms with Crippen LogP contribution in [0.4, 0.5) is 5.69 Å². The Kier molecular flexibility index (Phi) is 4.48. The van der Waals surface area contributed by atoms with E-state index >= 15 is 0 Å². The lowest BCUT2D eigenvalue weighted by atomic mass is 10.1. The van der Waals surface area contributed by atoms with Crippen LogP contribution in [-0.2, 0) is 0 Å². The topological polar surface area (TPSA) is 49.3 Å². The normalized spacial score (nSPS) is 10.7. The highest BCUT2D eigenvalue weighted by Crippen LogP contribution is 2.19. The molecular weight excluding hydrogens is 272 g/mol. The Morgan fingerprint density at radius 1 is 1.15 bits per heavy atom. The van der Waals surface area contributed by atoms with Crippen molar-refractivity contribution in [3.05, 3.63) is 64.2 Å². The molecule has 2 aromatic carbocycles. The van der Waals surface area contributed by atoms with E-state index < -0.39 is 5.97 Å². The van der Waals surface area contributed by atoms with Gasteiger partial charge in [-0.2, -0.15) is 0 Å². The van der Waals surface area contributed by atoms with Crippen LogP contribution in [0.25, 0.3) is 12.2 Å². The third kappa shape index (κ3) is 3.42. The molecule has 0 aliphatic carbocycles. The molecule has 0 spiro atoms. The summed E-state index contributed by atoms with van der Waals surface area (Å²) in [5.74, 6) is -1.02. The fraction of sp³-hybridized carbons (Fsp3) is 0. The summed E-state index contributed by atoms with van der Waals surface area (Å²) in [4.78, 5) is 11.0. The van der Waals surface area contributed by atoms with E-state index in [4.69, 9.17) is 24.7 Å². The van der Waals surface area contributed by atoms with Crippen molar-refractivity contribution in [1.29, 1.82) is 0 Å². The SMILES string of the molecule is [B]Nc1cc(/C=C/c2cccc(Cl)c2)ccc1C(=O)O. The van der Waals surface area contributed by atoms with Gasteiger partial charge in [-0.25, -0.2) is 4.79 Å². The summed E-state index contributed by atoms with van der Waals surface area (Å²) in [5.41, 5.74) is 2.29. The number of anilines is 1. The van der Waals surface area contributed by atoms with Gasteiger partial charge in [0.15, 0.2) is 0 Å². The number of carboxylic acid groups (broad SMARTS) is 1. The maximum atomic E-state index is 11.0. The van der Waals surface area contributed by atoms with Gasteiger partial charge in [0.2, 0.25) is 7.98 Å². The van der Waals surface area contributed by atoms with Crippen molar-refractivity contribution in [2.45, 2.75) is 0 Å². The Hall–Kier alpha value is -2.20. The van der Waals surface area contributed by atoms with Crippen LogP contribution >= 0.6 is 11.6 Å². The molecule has 2 radical (unpaired) electrons. The second-order valence-corrected chi connectivity index (χ2v) is 4.58. The molecule has 2 rings (SSSR count). The van der Waals surface area contributed by atoms with Crippen molar-refractivity contribution >= 4 is 43.4 Å². The zero-order valence-corrected chi connectivity index (χ0v) is 11.3. The number of halogens is 1. The van der Waals surface area contributed by atoms with E-state index in [0.717, 1.165) is 11.1 Å². The fourth-order valence-electron chi connectivity index (χ4n) is 1.77. The summed E-state index contributed by atoms with van der Waals surface area (Å²) in [7, 11) is 5.33. The Bertz CT molecular complexity index is 671. The molecule has 98 valence electrons. The minimum atomic E-state index is -1.02. The Morgan fingerprint density at radius 2 is 1.85 bits per heavy atom. The van der Waals surface area contributed by atoms with Crippen molar-refractivity contribution in [3.8, 4) is 0 Å². The van der Waals surface area contributed by atoms with Gasteiger partial charge in [-0.15, -0.1) is 0 Å². The number of benzene rings is 2. The van der Waals surface area contributed by atoms with Crippen molar-refractivity contribution in [2.24, 2.45) is 0 Å². The first-order valence-corrected chi connectivity index (χ1v) is 6.25. The molecule has 0 bridgehead atoms. The molecule has 3 nitrogen and oxygen atoms in total. The molecule has 20 heavy (non-hydrogen) atoms. The second kappa shape index (κ2) is 6.30. The third-order valence-electron chi connectivity index (χ3n) is 2.75. The summed E-state index contributed by atoms with van der Waals surface area (Å²) >= 11 is 5.90. The van der Waals surface area contributed by atoms with Crippen LogP contribution in [0.5, 0.6) is 0 Å². The predicted octanol–water partition coefficient (Wildman–Crippen LogP) is 3.70. The van der Waals surface area contributed by atoms with Crippen LogP contribution in [0.2, 0.25) is 5.02 Å². The molecule has 0 saturated carbocycles. The maximum absolute atomic E-state index is 11.0. The van der Waals surface area contributed by atoms with Crippen molar-refractivity contribution in [3.63, 3.8) is 0 Å². The van der Waals surface area contributed by atoms with Crippen molar-refractivity contribution < 1.29 is 9.90 Å². The monoisotopic (exact) mass is 283 g/mol. The van der Waals surface area contributed by atoms with Gasteiger partial charge >= 0.3 is 5.97 Å². The number of aromatic carboxylic acids is 1. The molecule has 0 fully saturated rings. The summed E-state index contributed by atoms with van der Waals surface area (Å²) in [6.07, 6.45) is 3.75. The lowest BCUT2D eigenvalue weighted by Crippen LogP contribution is -2.03. The van der Waals surface area contributed by atoms with Gasteiger partial charge in [-0.05, 0) is 35.4 Å². The van der Waals surface area contributed by atoms with Crippen molar-refractivity contribution in [1.82, 2.24) is 0 Å². The highest BCUT2D eigenvalue weighted by atomic mass is 35.5. The molecule has 0 unspecified atom stereocenters. The molecule has 0 aliphatic heterocycles. The number of rotatable bonds is 4. The molecule has 0 amide bonds. The van der Waals surface area contributed by atoms with E-state index in [-0.39, 0.29) is 5.56 Å². The Balaban J connectivity index is 2.28. The Labute approximate surface area is 123 Å². The lowest BCUT2D eigenvalue weighted by molar-refractivity contribution is 0.0698. The molecule has 0 atom stereocenters. The van der Waals surface area contributed by atoms with Gasteiger partial charge in [0, 0.05) is 10.7 Å². The van der Waals surface area contributed by atoms with Gasteiger partial charge in [-0.3, -0.25) is 0 Å². The highest BCUT2D eigenvalue weighted by molar-refractivity contribution is 6.30. The minimum absolute atomic E-state index is 0.132. The van der Waals surface area contributed by atoms with Crippen LogP contribution < -0.4 is 5.23 Å². The van der Waals surface area contributed by atoms with E-state index in [0.29, 0.717) is 10.7 Å². The maximum Gasteiger partial charge on any atom is 0.337 e. The van der Waals surface area contributed by atoms with E-state index in [1.54, 1.807) is 18.2 Å². The smallest absolute Gasteiger partial charge is 0.337 e. The van der Waals surface area contributed by atoms with Crippen LogP contribution in [-0.4, -0.2) is 19.1 Å². The first-order chi connectivity index (χ1) is 9.60. The van der Waals surface area contributed by atoms with Gasteiger partial charge in [0.05, 0.1) is 5.56 Å². The summed E-state index contributed by atoms with van der Waals surface area (Å²) < 4.78 is 0. The molecule has 2 aromatic rings. The fourth-order valence-corrected chi connectivity index (χ4v) is 1.97. The zero-order chi connectivity index (χ0) is 14.5. The number of carboxylic acids is 1. The highest BCUT2D eigenvalue weighted by Gasteiger charge is 2.08. The molecule has 0 aliphatic rings. The second-order valence-electron chi connectivity index (χ2n) is 4.14. The largest absolute Gasteiger partial charge is 0.478 e. The molecule has 2 N–H and O–H groups in total. The quantitative estimate of drug-likeness (QED) is 0.664. The van der Waals surface area contributed by atoms with Gasteiger partial charge in [-0.1, -0.05) is 42.0 Å². The third-order valence-corrected chi connectivity index (χ3v) is 2.98. The van der Waals surface area contributed by atoms with Crippen LogP contribution in [0, 0.1) is 0 Å². The van der Waals surface area contributed by atoms with Crippen LogP contribution in [0.1, 0.15) is 21.5 Å². The summed E-state index contributed by atoms with van der Waals surface area (Å²) in [6, 6.07) is 12.3. The van der Waals surface area contributed by atoms with E-state index in [2.05, 4.69) is 5.23 Å². The van der Waals surface area contributed by atoms with Gasteiger partial charge in [0.25, 0.3) is 0 Å². The van der Waals surface area contributed by atoms with E-state index in [1.807, 2.05) is 30.4 Å². The van der Waals surface area contributed by atoms with E-state index in [1.165, 1.54) is 6.07 Å². The van der Waals surface area contributed by atoms with Crippen LogP contribution in [0.3, 0.4) is 0 Å². The van der Waals surface area contributed by atoms with Gasteiger partial charge in [0.1, 0.15) is 0 Å².